The molecule has 20 heavy (non-hydrogen) atoms. The average molecular weight is 279 g/mol. The molecule has 0 heterocycles. The molecule has 0 fully saturated rings. The molecule has 0 saturated heterocycles. The smallest absolute Gasteiger partial charge is 0.119 e. The molecular formula is C17H29NO2. The van der Waals surface area contributed by atoms with E-state index in [9.17, 15) is 5.11 Å². The van der Waals surface area contributed by atoms with Crippen molar-refractivity contribution in [1.82, 2.24) is 5.32 Å². The first kappa shape index (κ1) is 17.0. The molecule has 0 aliphatic rings. The van der Waals surface area contributed by atoms with Crippen LogP contribution in [0.25, 0.3) is 0 Å². The van der Waals surface area contributed by atoms with Crippen molar-refractivity contribution in [1.29, 1.82) is 0 Å². The fourth-order valence-electron chi connectivity index (χ4n) is 2.72. The minimum absolute atomic E-state index is 0.0701. The number of ether oxygens (including phenoxy) is 1. The van der Waals surface area contributed by atoms with Gasteiger partial charge in [-0.3, -0.25) is 0 Å². The third-order valence-corrected chi connectivity index (χ3v) is 3.79. The lowest BCUT2D eigenvalue weighted by Crippen LogP contribution is -2.40. The lowest BCUT2D eigenvalue weighted by Gasteiger charge is -2.30. The number of aryl methyl sites for hydroxylation is 2. The van der Waals surface area contributed by atoms with Crippen LogP contribution in [0.5, 0.6) is 5.75 Å². The number of rotatable bonds is 7. The van der Waals surface area contributed by atoms with E-state index in [1.807, 2.05) is 26.0 Å². The van der Waals surface area contributed by atoms with Crippen LogP contribution in [0.1, 0.15) is 50.0 Å². The van der Waals surface area contributed by atoms with Crippen molar-refractivity contribution >= 4 is 0 Å². The number of methoxy groups -OCH3 is 1. The zero-order valence-electron chi connectivity index (χ0n) is 13.7. The number of aliphatic hydroxyl groups is 1. The van der Waals surface area contributed by atoms with Crippen LogP contribution in [0.4, 0.5) is 0 Å². The van der Waals surface area contributed by atoms with Crippen LogP contribution in [0, 0.1) is 19.8 Å². The molecular weight excluding hydrogens is 250 g/mol. The minimum Gasteiger partial charge on any atom is -0.497 e. The average Bonchev–Trinajstić information content (AvgIpc) is 2.37. The summed E-state index contributed by atoms with van der Waals surface area (Å²) in [4.78, 5) is 0. The third kappa shape index (κ3) is 3.97. The van der Waals surface area contributed by atoms with Crippen molar-refractivity contribution in [3.05, 3.63) is 28.8 Å². The predicted octanol–water partition coefficient (Wildman–Crippen LogP) is 3.37. The van der Waals surface area contributed by atoms with Gasteiger partial charge in [-0.25, -0.2) is 0 Å². The Labute approximate surface area is 123 Å². The summed E-state index contributed by atoms with van der Waals surface area (Å²) in [5.74, 6) is 1.22. The molecule has 0 amide bonds. The molecule has 0 aromatic heterocycles. The van der Waals surface area contributed by atoms with Crippen LogP contribution in [-0.2, 0) is 0 Å². The van der Waals surface area contributed by atoms with Crippen molar-refractivity contribution in [3.63, 3.8) is 0 Å². The van der Waals surface area contributed by atoms with E-state index in [2.05, 4.69) is 26.1 Å². The molecule has 1 rings (SSSR count). The highest BCUT2D eigenvalue weighted by Crippen LogP contribution is 2.30. The van der Waals surface area contributed by atoms with Gasteiger partial charge in [0, 0.05) is 6.04 Å². The summed E-state index contributed by atoms with van der Waals surface area (Å²) in [7, 11) is 1.67. The highest BCUT2D eigenvalue weighted by molar-refractivity contribution is 5.42. The van der Waals surface area contributed by atoms with Crippen LogP contribution < -0.4 is 10.1 Å². The molecule has 0 aliphatic carbocycles. The Hall–Kier alpha value is -1.06. The summed E-state index contributed by atoms with van der Waals surface area (Å²) in [6, 6.07) is 4.05. The maximum Gasteiger partial charge on any atom is 0.119 e. The van der Waals surface area contributed by atoms with Crippen molar-refractivity contribution < 1.29 is 9.84 Å². The van der Waals surface area contributed by atoms with E-state index in [-0.39, 0.29) is 6.04 Å². The Morgan fingerprint density at radius 1 is 1.20 bits per heavy atom. The number of aliphatic hydroxyl groups excluding tert-OH is 1. The molecule has 0 saturated carbocycles. The first-order chi connectivity index (χ1) is 9.42. The quantitative estimate of drug-likeness (QED) is 0.804. The van der Waals surface area contributed by atoms with E-state index in [0.29, 0.717) is 5.92 Å². The zero-order valence-corrected chi connectivity index (χ0v) is 13.7. The van der Waals surface area contributed by atoms with Crippen molar-refractivity contribution in [3.8, 4) is 5.75 Å². The van der Waals surface area contributed by atoms with Gasteiger partial charge in [0.2, 0.25) is 0 Å². The lowest BCUT2D eigenvalue weighted by molar-refractivity contribution is 0.104. The van der Waals surface area contributed by atoms with E-state index in [4.69, 9.17) is 4.74 Å². The summed E-state index contributed by atoms with van der Waals surface area (Å²) >= 11 is 0. The highest BCUT2D eigenvalue weighted by atomic mass is 16.5. The van der Waals surface area contributed by atoms with E-state index >= 15 is 0 Å². The molecule has 114 valence electrons. The number of nitrogens with one attached hydrogen (secondary N) is 1. The number of hydrogen-bond donors (Lipinski definition) is 2. The van der Waals surface area contributed by atoms with E-state index < -0.39 is 6.10 Å². The Balaban J connectivity index is 3.08. The van der Waals surface area contributed by atoms with Gasteiger partial charge in [0.25, 0.3) is 0 Å². The van der Waals surface area contributed by atoms with E-state index in [0.717, 1.165) is 35.4 Å². The van der Waals surface area contributed by atoms with Crippen molar-refractivity contribution in [2.75, 3.05) is 13.7 Å². The van der Waals surface area contributed by atoms with Crippen LogP contribution >= 0.6 is 0 Å². The third-order valence-electron chi connectivity index (χ3n) is 3.79. The maximum atomic E-state index is 10.8. The summed E-state index contributed by atoms with van der Waals surface area (Å²) < 4.78 is 5.29. The molecule has 2 atom stereocenters. The molecule has 0 bridgehead atoms. The normalized spacial score (nSPS) is 14.4. The maximum absolute atomic E-state index is 10.8. The molecule has 1 aromatic rings. The first-order valence-corrected chi connectivity index (χ1v) is 7.48. The molecule has 2 N–H and O–H groups in total. The zero-order chi connectivity index (χ0) is 15.3. The van der Waals surface area contributed by atoms with E-state index in [1.54, 1.807) is 7.11 Å². The van der Waals surface area contributed by atoms with Gasteiger partial charge in [-0.15, -0.1) is 0 Å². The van der Waals surface area contributed by atoms with Crippen LogP contribution in [0.2, 0.25) is 0 Å². The monoisotopic (exact) mass is 279 g/mol. The molecule has 1 aromatic carbocycles. The molecule has 3 heteroatoms. The fourth-order valence-corrected chi connectivity index (χ4v) is 2.72. The molecule has 0 radical (unpaired) electrons. The second-order valence-corrected chi connectivity index (χ2v) is 5.84. The van der Waals surface area contributed by atoms with E-state index in [1.165, 1.54) is 0 Å². The minimum atomic E-state index is -0.493. The SMILES string of the molecule is CCCNC(C(C)C)C(O)c1c(C)cc(OC)cc1C. The summed E-state index contributed by atoms with van der Waals surface area (Å²) in [6.45, 7) is 11.4. The van der Waals surface area contributed by atoms with Gasteiger partial charge in [-0.1, -0.05) is 20.8 Å². The molecule has 0 spiro atoms. The Morgan fingerprint density at radius 3 is 2.15 bits per heavy atom. The molecule has 2 unspecified atom stereocenters. The second kappa shape index (κ2) is 7.65. The molecule has 0 aliphatic heterocycles. The Morgan fingerprint density at radius 2 is 1.75 bits per heavy atom. The Kier molecular flexibility index (Phi) is 6.50. The Bertz CT molecular complexity index is 406. The van der Waals surface area contributed by atoms with Crippen LogP contribution in [0.3, 0.4) is 0 Å². The van der Waals surface area contributed by atoms with Gasteiger partial charge in [-0.2, -0.15) is 0 Å². The van der Waals surface area contributed by atoms with Gasteiger partial charge in [-0.05, 0) is 61.6 Å². The van der Waals surface area contributed by atoms with Gasteiger partial charge in [0.15, 0.2) is 0 Å². The number of benzene rings is 1. The van der Waals surface area contributed by atoms with Crippen LogP contribution in [0.15, 0.2) is 12.1 Å². The van der Waals surface area contributed by atoms with Gasteiger partial charge in [0.05, 0.1) is 13.2 Å². The first-order valence-electron chi connectivity index (χ1n) is 7.48. The largest absolute Gasteiger partial charge is 0.497 e. The lowest BCUT2D eigenvalue weighted by atomic mass is 9.88. The van der Waals surface area contributed by atoms with Gasteiger partial charge >= 0.3 is 0 Å². The fraction of sp³-hybridized carbons (Fsp3) is 0.647. The number of hydrogen-bond acceptors (Lipinski definition) is 3. The van der Waals surface area contributed by atoms with Crippen molar-refractivity contribution in [2.24, 2.45) is 5.92 Å². The molecule has 3 nitrogen and oxygen atoms in total. The van der Waals surface area contributed by atoms with Crippen LogP contribution in [-0.4, -0.2) is 24.8 Å². The predicted molar refractivity (Wildman–Crippen MR) is 84.3 cm³/mol. The highest BCUT2D eigenvalue weighted by Gasteiger charge is 2.26. The standard InChI is InChI=1S/C17H29NO2/c1-7-8-18-16(11(2)3)17(19)15-12(4)9-14(20-6)10-13(15)5/h9-11,16-19H,7-8H2,1-6H3. The van der Waals surface area contributed by atoms with Gasteiger partial charge < -0.3 is 15.2 Å². The van der Waals surface area contributed by atoms with Gasteiger partial charge in [0.1, 0.15) is 5.75 Å². The second-order valence-electron chi connectivity index (χ2n) is 5.84. The summed E-state index contributed by atoms with van der Waals surface area (Å²) in [6.07, 6.45) is 0.573. The summed E-state index contributed by atoms with van der Waals surface area (Å²) in [5.41, 5.74) is 3.18. The van der Waals surface area contributed by atoms with Crippen molar-refractivity contribution in [2.45, 2.75) is 53.2 Å². The summed E-state index contributed by atoms with van der Waals surface area (Å²) in [5, 5.41) is 14.3. The topological polar surface area (TPSA) is 41.5 Å².